The third kappa shape index (κ3) is 5.58. The summed E-state index contributed by atoms with van der Waals surface area (Å²) < 4.78 is 5.38. The molecule has 0 spiro atoms. The fourth-order valence-electron chi connectivity index (χ4n) is 1.96. The van der Waals surface area contributed by atoms with Gasteiger partial charge in [-0.05, 0) is 36.1 Å². The van der Waals surface area contributed by atoms with Crippen LogP contribution in [0.25, 0.3) is 0 Å². The molecule has 0 bridgehead atoms. The lowest BCUT2D eigenvalue weighted by Crippen LogP contribution is -2.24. The number of ether oxygens (including phenoxy) is 1. The van der Waals surface area contributed by atoms with Crippen LogP contribution in [0, 0.1) is 6.92 Å². The zero-order valence-corrected chi connectivity index (χ0v) is 13.7. The summed E-state index contributed by atoms with van der Waals surface area (Å²) in [7, 11) is 0. The van der Waals surface area contributed by atoms with Gasteiger partial charge in [0.2, 0.25) is 0 Å². The molecule has 1 amide bonds. The van der Waals surface area contributed by atoms with E-state index in [1.807, 2.05) is 43.3 Å². The van der Waals surface area contributed by atoms with Crippen molar-refractivity contribution in [3.8, 4) is 5.75 Å². The second-order valence-corrected chi connectivity index (χ2v) is 5.72. The van der Waals surface area contributed by atoms with E-state index in [0.29, 0.717) is 11.7 Å². The molecule has 0 aliphatic heterocycles. The van der Waals surface area contributed by atoms with Crippen LogP contribution in [-0.4, -0.2) is 18.7 Å². The van der Waals surface area contributed by atoms with Crippen molar-refractivity contribution in [2.45, 2.75) is 26.7 Å². The quantitative estimate of drug-likeness (QED) is 0.654. The van der Waals surface area contributed by atoms with E-state index in [2.05, 4.69) is 36.5 Å². The van der Waals surface area contributed by atoms with Crippen molar-refractivity contribution < 1.29 is 9.53 Å². The predicted octanol–water partition coefficient (Wildman–Crippen LogP) is 3.65. The maximum atomic E-state index is 11.7. The third-order valence-electron chi connectivity index (χ3n) is 3.40. The molecule has 0 aliphatic carbocycles. The van der Waals surface area contributed by atoms with Gasteiger partial charge in [0.1, 0.15) is 5.75 Å². The molecule has 23 heavy (non-hydrogen) atoms. The van der Waals surface area contributed by atoms with Crippen molar-refractivity contribution >= 4 is 12.1 Å². The number of hydrazone groups is 1. The Morgan fingerprint density at radius 1 is 1.13 bits per heavy atom. The van der Waals surface area contributed by atoms with Crippen LogP contribution in [0.5, 0.6) is 5.75 Å². The second kappa shape index (κ2) is 8.13. The summed E-state index contributed by atoms with van der Waals surface area (Å²) in [6, 6.07) is 15.6. The van der Waals surface area contributed by atoms with Crippen LogP contribution in [0.3, 0.4) is 0 Å². The summed E-state index contributed by atoms with van der Waals surface area (Å²) in [5.74, 6) is 0.874. The summed E-state index contributed by atoms with van der Waals surface area (Å²) in [5.41, 5.74) is 5.82. The Bertz CT molecular complexity index is 659. The highest BCUT2D eigenvalue weighted by atomic mass is 16.5. The number of benzene rings is 2. The Morgan fingerprint density at radius 3 is 2.39 bits per heavy atom. The fraction of sp³-hybridized carbons (Fsp3) is 0.263. The molecule has 0 atom stereocenters. The van der Waals surface area contributed by atoms with E-state index in [-0.39, 0.29) is 12.5 Å². The molecule has 2 rings (SSSR count). The summed E-state index contributed by atoms with van der Waals surface area (Å²) in [6.45, 7) is 6.24. The second-order valence-electron chi connectivity index (χ2n) is 5.72. The summed E-state index contributed by atoms with van der Waals surface area (Å²) >= 11 is 0. The average Bonchev–Trinajstić information content (AvgIpc) is 2.55. The summed E-state index contributed by atoms with van der Waals surface area (Å²) in [6.07, 6.45) is 1.62. The van der Waals surface area contributed by atoms with Gasteiger partial charge in [0.15, 0.2) is 6.61 Å². The summed E-state index contributed by atoms with van der Waals surface area (Å²) in [5, 5.41) is 3.94. The molecule has 0 aromatic heterocycles. The van der Waals surface area contributed by atoms with E-state index < -0.39 is 0 Å². The first kappa shape index (κ1) is 16.7. The first-order chi connectivity index (χ1) is 11.0. The van der Waals surface area contributed by atoms with Crippen molar-refractivity contribution in [1.29, 1.82) is 0 Å². The molecule has 0 aliphatic rings. The van der Waals surface area contributed by atoms with Gasteiger partial charge in [-0.15, -0.1) is 0 Å². The first-order valence-corrected chi connectivity index (χ1v) is 7.66. The molecule has 0 radical (unpaired) electrons. The average molecular weight is 310 g/mol. The number of carbonyl (C=O) groups excluding carboxylic acids is 1. The van der Waals surface area contributed by atoms with Crippen molar-refractivity contribution in [2.24, 2.45) is 5.10 Å². The van der Waals surface area contributed by atoms with E-state index >= 15 is 0 Å². The zero-order valence-electron chi connectivity index (χ0n) is 13.7. The van der Waals surface area contributed by atoms with Crippen LogP contribution in [0.1, 0.15) is 36.5 Å². The lowest BCUT2D eigenvalue weighted by molar-refractivity contribution is -0.123. The van der Waals surface area contributed by atoms with Gasteiger partial charge >= 0.3 is 0 Å². The zero-order chi connectivity index (χ0) is 16.7. The van der Waals surface area contributed by atoms with Crippen molar-refractivity contribution in [3.05, 3.63) is 65.2 Å². The molecule has 2 aromatic rings. The Balaban J connectivity index is 1.78. The highest BCUT2D eigenvalue weighted by molar-refractivity contribution is 5.82. The molecular weight excluding hydrogens is 288 g/mol. The van der Waals surface area contributed by atoms with Gasteiger partial charge in [-0.1, -0.05) is 55.8 Å². The Morgan fingerprint density at radius 2 is 1.78 bits per heavy atom. The number of rotatable bonds is 6. The van der Waals surface area contributed by atoms with Crippen LogP contribution in [0.2, 0.25) is 0 Å². The highest BCUT2D eigenvalue weighted by Gasteiger charge is 2.01. The van der Waals surface area contributed by atoms with Gasteiger partial charge in [-0.2, -0.15) is 5.10 Å². The molecule has 4 nitrogen and oxygen atoms in total. The molecule has 120 valence electrons. The number of amides is 1. The van der Waals surface area contributed by atoms with E-state index in [9.17, 15) is 4.79 Å². The molecule has 1 N–H and O–H groups in total. The topological polar surface area (TPSA) is 50.7 Å². The van der Waals surface area contributed by atoms with E-state index in [0.717, 1.165) is 11.1 Å². The molecule has 0 saturated carbocycles. The SMILES string of the molecule is Cc1ccc(OCC(=O)NN=Cc2ccc(C(C)C)cc2)cc1. The molecule has 0 unspecified atom stereocenters. The monoisotopic (exact) mass is 310 g/mol. The fourth-order valence-corrected chi connectivity index (χ4v) is 1.96. The normalized spacial score (nSPS) is 11.0. The first-order valence-electron chi connectivity index (χ1n) is 7.66. The lowest BCUT2D eigenvalue weighted by atomic mass is 10.0. The van der Waals surface area contributed by atoms with Gasteiger partial charge in [-0.3, -0.25) is 4.79 Å². The minimum Gasteiger partial charge on any atom is -0.484 e. The molecule has 0 heterocycles. The maximum Gasteiger partial charge on any atom is 0.277 e. The number of carbonyl (C=O) groups is 1. The number of nitrogens with one attached hydrogen (secondary N) is 1. The molecular formula is C19H22N2O2. The van der Waals surface area contributed by atoms with Gasteiger partial charge in [-0.25, -0.2) is 5.43 Å². The number of nitrogens with zero attached hydrogens (tertiary/aromatic N) is 1. The molecule has 0 fully saturated rings. The molecule has 4 heteroatoms. The van der Waals surface area contributed by atoms with Crippen molar-refractivity contribution in [3.63, 3.8) is 0 Å². The largest absolute Gasteiger partial charge is 0.484 e. The number of aryl methyl sites for hydroxylation is 1. The smallest absolute Gasteiger partial charge is 0.277 e. The Hall–Kier alpha value is -2.62. The maximum absolute atomic E-state index is 11.7. The van der Waals surface area contributed by atoms with Crippen LogP contribution in [0.4, 0.5) is 0 Å². The Labute approximate surface area is 137 Å². The van der Waals surface area contributed by atoms with Crippen LogP contribution in [0.15, 0.2) is 53.6 Å². The molecule has 2 aromatic carbocycles. The standard InChI is InChI=1S/C19H22N2O2/c1-14(2)17-8-6-16(7-9-17)12-20-21-19(22)13-23-18-10-4-15(3)5-11-18/h4-12,14H,13H2,1-3H3,(H,21,22). The predicted molar refractivity (Wildman–Crippen MR) is 92.9 cm³/mol. The van der Waals surface area contributed by atoms with E-state index in [4.69, 9.17) is 4.74 Å². The van der Waals surface area contributed by atoms with E-state index in [1.165, 1.54) is 5.56 Å². The highest BCUT2D eigenvalue weighted by Crippen LogP contribution is 2.14. The van der Waals surface area contributed by atoms with Gasteiger partial charge in [0, 0.05) is 0 Å². The van der Waals surface area contributed by atoms with Crippen LogP contribution >= 0.6 is 0 Å². The number of hydrogen-bond donors (Lipinski definition) is 1. The molecule has 0 saturated heterocycles. The van der Waals surface area contributed by atoms with Crippen molar-refractivity contribution in [1.82, 2.24) is 5.43 Å². The van der Waals surface area contributed by atoms with Gasteiger partial charge in [0.25, 0.3) is 5.91 Å². The van der Waals surface area contributed by atoms with Gasteiger partial charge in [0.05, 0.1) is 6.21 Å². The van der Waals surface area contributed by atoms with Crippen LogP contribution in [-0.2, 0) is 4.79 Å². The van der Waals surface area contributed by atoms with E-state index in [1.54, 1.807) is 6.21 Å². The minimum atomic E-state index is -0.291. The van der Waals surface area contributed by atoms with Crippen molar-refractivity contribution in [2.75, 3.05) is 6.61 Å². The third-order valence-corrected chi connectivity index (χ3v) is 3.40. The lowest BCUT2D eigenvalue weighted by Gasteiger charge is -2.05. The van der Waals surface area contributed by atoms with Crippen LogP contribution < -0.4 is 10.2 Å². The minimum absolute atomic E-state index is 0.0628. The van der Waals surface area contributed by atoms with Gasteiger partial charge < -0.3 is 4.74 Å². The summed E-state index contributed by atoms with van der Waals surface area (Å²) in [4.78, 5) is 11.7. The number of hydrogen-bond acceptors (Lipinski definition) is 3. The Kier molecular flexibility index (Phi) is 5.92.